The third kappa shape index (κ3) is 8.51. The molecule has 4 aromatic rings. The first-order valence-corrected chi connectivity index (χ1v) is 16.0. The van der Waals surface area contributed by atoms with Gasteiger partial charge in [-0.2, -0.15) is 13.2 Å². The van der Waals surface area contributed by atoms with Gasteiger partial charge in [0.15, 0.2) is 0 Å². The number of carbonyl (C=O) groups excluding carboxylic acids is 1. The molecule has 51 heavy (non-hydrogen) atoms. The molecular weight excluding hydrogens is 671 g/mol. The van der Waals surface area contributed by atoms with Gasteiger partial charge in [0, 0.05) is 25.6 Å². The Morgan fingerprint density at radius 1 is 0.961 bits per heavy atom. The number of benzene rings is 3. The van der Waals surface area contributed by atoms with Crippen LogP contribution in [0, 0.1) is 11.8 Å². The molecule has 1 aliphatic rings. The second-order valence-corrected chi connectivity index (χ2v) is 11.6. The summed E-state index contributed by atoms with van der Waals surface area (Å²) in [5.74, 6) is 4.53. The van der Waals surface area contributed by atoms with Crippen LogP contribution >= 0.6 is 0 Å². The average molecular weight is 708 g/mol. The zero-order valence-corrected chi connectivity index (χ0v) is 27.7. The maximum absolute atomic E-state index is 12.8. The lowest BCUT2D eigenvalue weighted by atomic mass is 9.80. The predicted molar refractivity (Wildman–Crippen MR) is 179 cm³/mol. The van der Waals surface area contributed by atoms with Crippen molar-refractivity contribution < 1.29 is 42.0 Å². The van der Waals surface area contributed by atoms with Crippen LogP contribution in [0.4, 0.5) is 13.2 Å². The highest BCUT2D eigenvalue weighted by molar-refractivity contribution is 5.81. The number of nitrogens with zero attached hydrogens (tertiary/aromatic N) is 1. The van der Waals surface area contributed by atoms with Crippen LogP contribution in [0.25, 0.3) is 0 Å². The summed E-state index contributed by atoms with van der Waals surface area (Å²) in [6, 6.07) is 24.4. The van der Waals surface area contributed by atoms with Crippen LogP contribution in [0.2, 0.25) is 0 Å². The topological polar surface area (TPSA) is 141 Å². The van der Waals surface area contributed by atoms with E-state index in [9.17, 15) is 32.7 Å². The van der Waals surface area contributed by atoms with Gasteiger partial charge in [-0.25, -0.2) is 4.79 Å². The molecule has 2 heterocycles. The van der Waals surface area contributed by atoms with Crippen LogP contribution in [0.3, 0.4) is 0 Å². The molecule has 14 heteroatoms. The minimum Gasteiger partial charge on any atom is -0.497 e. The van der Waals surface area contributed by atoms with E-state index >= 15 is 0 Å². The summed E-state index contributed by atoms with van der Waals surface area (Å²) in [6.45, 7) is -0.372. The number of hydrogen-bond donors (Lipinski definition) is 3. The number of aromatic nitrogens is 2. The van der Waals surface area contributed by atoms with Crippen molar-refractivity contribution in [1.29, 1.82) is 0 Å². The molecule has 1 amide bonds. The minimum atomic E-state index is -4.98. The third-order valence-electron chi connectivity index (χ3n) is 8.36. The summed E-state index contributed by atoms with van der Waals surface area (Å²) in [5, 5.41) is 12.9. The largest absolute Gasteiger partial charge is 0.497 e. The number of ether oxygens (including phenoxy) is 4. The number of rotatable bonds is 12. The Kier molecular flexibility index (Phi) is 11.7. The first-order valence-electron chi connectivity index (χ1n) is 16.0. The molecule has 1 aliphatic heterocycles. The number of aliphatic hydroxyl groups is 1. The number of halogens is 3. The number of amides is 1. The van der Waals surface area contributed by atoms with Gasteiger partial charge in [-0.1, -0.05) is 66.4 Å². The minimum absolute atomic E-state index is 0.00480. The fourth-order valence-electron chi connectivity index (χ4n) is 5.74. The van der Waals surface area contributed by atoms with Gasteiger partial charge in [0.2, 0.25) is 0 Å². The van der Waals surface area contributed by atoms with Gasteiger partial charge in [-0.15, -0.1) is 0 Å². The van der Waals surface area contributed by atoms with Gasteiger partial charge in [0.1, 0.15) is 35.0 Å². The number of nitrogens with one attached hydrogen (secondary N) is 2. The summed E-state index contributed by atoms with van der Waals surface area (Å²) in [5.41, 5.74) is -0.485. The summed E-state index contributed by atoms with van der Waals surface area (Å²) in [7, 11) is 3.15. The number of aliphatic hydroxyl groups excluding tert-OH is 1. The Balaban J connectivity index is 1.38. The van der Waals surface area contributed by atoms with E-state index in [-0.39, 0.29) is 38.0 Å². The fourth-order valence-corrected chi connectivity index (χ4v) is 5.74. The van der Waals surface area contributed by atoms with E-state index in [1.807, 2.05) is 78.9 Å². The van der Waals surface area contributed by atoms with Gasteiger partial charge in [0.05, 0.1) is 26.9 Å². The molecule has 0 bridgehead atoms. The average Bonchev–Trinajstić information content (AvgIpc) is 3.50. The Bertz CT molecular complexity index is 1920. The van der Waals surface area contributed by atoms with Crippen molar-refractivity contribution in [2.24, 2.45) is 0 Å². The van der Waals surface area contributed by atoms with Crippen LogP contribution in [-0.2, 0) is 19.9 Å². The second-order valence-electron chi connectivity index (χ2n) is 11.6. The third-order valence-corrected chi connectivity index (χ3v) is 8.36. The van der Waals surface area contributed by atoms with Gasteiger partial charge >= 0.3 is 17.8 Å². The molecule has 0 aliphatic carbocycles. The highest BCUT2D eigenvalue weighted by atomic mass is 19.4. The summed E-state index contributed by atoms with van der Waals surface area (Å²) in [6.07, 6.45) is -6.54. The molecule has 3 atom stereocenters. The molecule has 0 unspecified atom stereocenters. The first-order chi connectivity index (χ1) is 24.5. The highest BCUT2D eigenvalue weighted by Crippen LogP contribution is 2.42. The van der Waals surface area contributed by atoms with Gasteiger partial charge in [-0.05, 0) is 47.4 Å². The molecule has 3 N–H and O–H groups in total. The zero-order chi connectivity index (χ0) is 36.6. The van der Waals surface area contributed by atoms with E-state index in [1.165, 1.54) is 6.20 Å². The number of hydrogen-bond acceptors (Lipinski definition) is 8. The number of H-pyrrole nitrogens is 1. The van der Waals surface area contributed by atoms with E-state index in [0.29, 0.717) is 11.5 Å². The van der Waals surface area contributed by atoms with Crippen molar-refractivity contribution in [2.75, 3.05) is 27.4 Å². The molecule has 0 saturated carbocycles. The molecule has 1 aromatic heterocycles. The van der Waals surface area contributed by atoms with Crippen molar-refractivity contribution in [3.05, 3.63) is 128 Å². The van der Waals surface area contributed by atoms with Gasteiger partial charge in [0.25, 0.3) is 5.56 Å². The van der Waals surface area contributed by atoms with Crippen LogP contribution in [0.5, 0.6) is 11.5 Å². The van der Waals surface area contributed by atoms with E-state index in [1.54, 1.807) is 19.5 Å². The molecule has 3 aromatic carbocycles. The Morgan fingerprint density at radius 3 is 2.12 bits per heavy atom. The van der Waals surface area contributed by atoms with E-state index in [4.69, 9.17) is 18.9 Å². The molecular formula is C37H36F3N3O8. The van der Waals surface area contributed by atoms with Crippen molar-refractivity contribution in [3.8, 4) is 23.3 Å². The summed E-state index contributed by atoms with van der Waals surface area (Å²) >= 11 is 0. The van der Waals surface area contributed by atoms with Crippen molar-refractivity contribution in [2.45, 2.75) is 49.5 Å². The van der Waals surface area contributed by atoms with Gasteiger partial charge < -0.3 is 29.4 Å². The quantitative estimate of drug-likeness (QED) is 0.114. The predicted octanol–water partition coefficient (Wildman–Crippen LogP) is 4.02. The number of alkyl halides is 3. The van der Waals surface area contributed by atoms with E-state index in [2.05, 4.69) is 16.8 Å². The molecule has 11 nitrogen and oxygen atoms in total. The standard InChI is InChI=1S/C37H36F3N3O8/c1-48-28-16-12-26(13-17-28)36(25-10-6-3-7-11-25,27-14-18-29(49-2)19-15-27)50-23-31-30(44)21-32(51-31)43-22-24(33(45)42-35(43)47)9-5-4-8-20-41-34(46)37(38,39)40/h3,6-7,10-19,22,30-32,44H,4,8,20-21,23H2,1-2H3,(H,41,46)(H,42,45,47)/t30-,31+,32+/m0/s1. The monoisotopic (exact) mass is 707 g/mol. The Labute approximate surface area is 290 Å². The maximum Gasteiger partial charge on any atom is 0.471 e. The molecule has 5 rings (SSSR count). The lowest BCUT2D eigenvalue weighted by Gasteiger charge is -2.37. The van der Waals surface area contributed by atoms with Crippen LogP contribution in [0.1, 0.15) is 47.7 Å². The molecule has 1 fully saturated rings. The molecule has 0 spiro atoms. The molecule has 268 valence electrons. The smallest absolute Gasteiger partial charge is 0.471 e. The maximum atomic E-state index is 12.8. The van der Waals surface area contributed by atoms with Crippen molar-refractivity contribution >= 4 is 5.91 Å². The molecule has 0 radical (unpaired) electrons. The highest BCUT2D eigenvalue weighted by Gasteiger charge is 2.42. The number of aromatic amines is 1. The normalized spacial score (nSPS) is 17.3. The first kappa shape index (κ1) is 36.9. The van der Waals surface area contributed by atoms with E-state index < -0.39 is 47.4 Å². The second kappa shape index (κ2) is 16.1. The van der Waals surface area contributed by atoms with Crippen molar-refractivity contribution in [1.82, 2.24) is 14.9 Å². The van der Waals surface area contributed by atoms with Crippen molar-refractivity contribution in [3.63, 3.8) is 0 Å². The van der Waals surface area contributed by atoms with E-state index in [0.717, 1.165) is 21.3 Å². The number of carbonyl (C=O) groups is 1. The Hall–Kier alpha value is -5.36. The summed E-state index contributed by atoms with van der Waals surface area (Å²) < 4.78 is 62.0. The van der Waals surface area contributed by atoms with Crippen LogP contribution < -0.4 is 26.0 Å². The number of methoxy groups -OCH3 is 2. The SMILES string of the molecule is COc1ccc(C(OC[C@H]2O[C@@H](n3cc(C#CCCCNC(=O)C(F)(F)F)c(=O)[nH]c3=O)C[C@@H]2O)(c2ccccc2)c2ccc(OC)cc2)cc1. The van der Waals surface area contributed by atoms with Crippen LogP contribution in [0.15, 0.2) is 94.6 Å². The number of unbranched alkanes of at least 4 members (excludes halogenated alkanes) is 1. The zero-order valence-electron chi connectivity index (χ0n) is 27.7. The lowest BCUT2D eigenvalue weighted by molar-refractivity contribution is -0.173. The Morgan fingerprint density at radius 2 is 1.55 bits per heavy atom. The van der Waals surface area contributed by atoms with Gasteiger partial charge in [-0.3, -0.25) is 19.1 Å². The fraction of sp³-hybridized carbons (Fsp3) is 0.324. The lowest BCUT2D eigenvalue weighted by Crippen LogP contribution is -2.38. The molecule has 1 saturated heterocycles. The summed E-state index contributed by atoms with van der Waals surface area (Å²) in [4.78, 5) is 38.4. The van der Waals surface area contributed by atoms with Crippen LogP contribution in [-0.4, -0.2) is 66.3 Å².